The maximum Gasteiger partial charge on any atom is 0.230 e. The average Bonchev–Trinajstić information content (AvgIpc) is 2.44. The lowest BCUT2D eigenvalue weighted by molar-refractivity contribution is -0.127. The molecule has 0 atom stereocenters. The smallest absolute Gasteiger partial charge is 0.230 e. The van der Waals surface area contributed by atoms with Crippen molar-refractivity contribution in [1.29, 1.82) is 0 Å². The number of aryl methyl sites for hydroxylation is 1. The molecule has 1 aliphatic heterocycles. The Morgan fingerprint density at radius 2 is 2.10 bits per heavy atom. The van der Waals surface area contributed by atoms with Gasteiger partial charge < -0.3 is 10.6 Å². The molecular weight excluding hydrogens is 316 g/mol. The Morgan fingerprint density at radius 1 is 1.40 bits per heavy atom. The highest BCUT2D eigenvalue weighted by Gasteiger charge is 2.38. The number of hydrogen-bond donors (Lipinski definition) is 2. The first kappa shape index (κ1) is 15.5. The van der Waals surface area contributed by atoms with Crippen LogP contribution in [0.4, 0.5) is 5.69 Å². The van der Waals surface area contributed by atoms with Crippen LogP contribution in [0.25, 0.3) is 0 Å². The van der Waals surface area contributed by atoms with Crippen LogP contribution in [0.15, 0.2) is 22.7 Å². The molecule has 1 saturated heterocycles. The van der Waals surface area contributed by atoms with E-state index in [-0.39, 0.29) is 11.3 Å². The maximum atomic E-state index is 12.7. The van der Waals surface area contributed by atoms with E-state index in [2.05, 4.69) is 33.5 Å². The predicted molar refractivity (Wildman–Crippen MR) is 87.0 cm³/mol. The molecule has 2 rings (SSSR count). The SMILES string of the molecule is CCCC1(C(=O)Nc2ccc(Br)c(C)c2)CCNCC1. The summed E-state index contributed by atoms with van der Waals surface area (Å²) in [6, 6.07) is 5.96. The molecule has 20 heavy (non-hydrogen) atoms. The van der Waals surface area contributed by atoms with Crippen molar-refractivity contribution in [2.75, 3.05) is 18.4 Å². The molecule has 1 aromatic rings. The van der Waals surface area contributed by atoms with Crippen LogP contribution in [0.3, 0.4) is 0 Å². The van der Waals surface area contributed by atoms with Gasteiger partial charge >= 0.3 is 0 Å². The van der Waals surface area contributed by atoms with E-state index in [1.54, 1.807) is 0 Å². The summed E-state index contributed by atoms with van der Waals surface area (Å²) in [7, 11) is 0. The molecule has 0 aromatic heterocycles. The quantitative estimate of drug-likeness (QED) is 0.874. The van der Waals surface area contributed by atoms with Gasteiger partial charge in [0.15, 0.2) is 0 Å². The molecule has 0 radical (unpaired) electrons. The highest BCUT2D eigenvalue weighted by molar-refractivity contribution is 9.10. The van der Waals surface area contributed by atoms with Crippen molar-refractivity contribution in [2.45, 2.75) is 39.5 Å². The number of rotatable bonds is 4. The molecule has 4 heteroatoms. The van der Waals surface area contributed by atoms with E-state index in [0.29, 0.717) is 0 Å². The number of nitrogens with one attached hydrogen (secondary N) is 2. The summed E-state index contributed by atoms with van der Waals surface area (Å²) in [5.41, 5.74) is 1.84. The molecule has 2 N–H and O–H groups in total. The van der Waals surface area contributed by atoms with E-state index in [0.717, 1.165) is 54.5 Å². The van der Waals surface area contributed by atoms with E-state index in [1.165, 1.54) is 0 Å². The Morgan fingerprint density at radius 3 is 2.70 bits per heavy atom. The molecule has 1 aliphatic rings. The third-order valence-electron chi connectivity index (χ3n) is 4.19. The van der Waals surface area contributed by atoms with Gasteiger partial charge in [0.1, 0.15) is 0 Å². The fourth-order valence-corrected chi connectivity index (χ4v) is 3.21. The lowest BCUT2D eigenvalue weighted by atomic mass is 9.74. The highest BCUT2D eigenvalue weighted by atomic mass is 79.9. The zero-order valence-corrected chi connectivity index (χ0v) is 13.8. The number of anilines is 1. The van der Waals surface area contributed by atoms with Crippen LogP contribution in [-0.2, 0) is 4.79 Å². The molecular formula is C16H23BrN2O. The first-order valence-electron chi connectivity index (χ1n) is 7.36. The number of benzene rings is 1. The Bertz CT molecular complexity index is 476. The molecule has 0 saturated carbocycles. The second-order valence-electron chi connectivity index (χ2n) is 5.70. The van der Waals surface area contributed by atoms with Crippen molar-refractivity contribution >= 4 is 27.5 Å². The number of amides is 1. The Balaban J connectivity index is 2.13. The highest BCUT2D eigenvalue weighted by Crippen LogP contribution is 2.35. The standard InChI is InChI=1S/C16H23BrN2O/c1-3-6-16(7-9-18-10-8-16)15(20)19-13-4-5-14(17)12(2)11-13/h4-5,11,18H,3,6-10H2,1-2H3,(H,19,20). The summed E-state index contributed by atoms with van der Waals surface area (Å²) >= 11 is 3.49. The molecule has 1 fully saturated rings. The van der Waals surface area contributed by atoms with Gasteiger partial charge in [-0.1, -0.05) is 29.3 Å². The fraction of sp³-hybridized carbons (Fsp3) is 0.562. The minimum atomic E-state index is -0.193. The van der Waals surface area contributed by atoms with Gasteiger partial charge in [0.2, 0.25) is 5.91 Å². The number of piperidine rings is 1. The van der Waals surface area contributed by atoms with Crippen LogP contribution >= 0.6 is 15.9 Å². The summed E-state index contributed by atoms with van der Waals surface area (Å²) in [4.78, 5) is 12.7. The molecule has 0 aliphatic carbocycles. The monoisotopic (exact) mass is 338 g/mol. The van der Waals surface area contributed by atoms with Crippen LogP contribution in [-0.4, -0.2) is 19.0 Å². The third-order valence-corrected chi connectivity index (χ3v) is 5.08. The summed E-state index contributed by atoms with van der Waals surface area (Å²) in [6.07, 6.45) is 3.88. The van der Waals surface area contributed by atoms with Crippen molar-refractivity contribution in [3.63, 3.8) is 0 Å². The molecule has 1 heterocycles. The first-order chi connectivity index (χ1) is 9.57. The summed E-state index contributed by atoms with van der Waals surface area (Å²) in [5, 5.41) is 6.46. The molecule has 1 aromatic carbocycles. The van der Waals surface area contributed by atoms with E-state index >= 15 is 0 Å². The molecule has 110 valence electrons. The minimum absolute atomic E-state index is 0.183. The van der Waals surface area contributed by atoms with Crippen LogP contribution in [0, 0.1) is 12.3 Å². The zero-order chi connectivity index (χ0) is 14.6. The summed E-state index contributed by atoms with van der Waals surface area (Å²) < 4.78 is 1.07. The first-order valence-corrected chi connectivity index (χ1v) is 8.15. The van der Waals surface area contributed by atoms with Crippen LogP contribution < -0.4 is 10.6 Å². The van der Waals surface area contributed by atoms with Gasteiger partial charge in [0, 0.05) is 10.2 Å². The average molecular weight is 339 g/mol. The maximum absolute atomic E-state index is 12.7. The second-order valence-corrected chi connectivity index (χ2v) is 6.55. The van der Waals surface area contributed by atoms with Gasteiger partial charge in [-0.3, -0.25) is 4.79 Å². The number of hydrogen-bond acceptors (Lipinski definition) is 2. The van der Waals surface area contributed by atoms with Gasteiger partial charge in [0.25, 0.3) is 0 Å². The lowest BCUT2D eigenvalue weighted by Crippen LogP contribution is -2.44. The Hall–Kier alpha value is -0.870. The van der Waals surface area contributed by atoms with Crippen molar-refractivity contribution in [1.82, 2.24) is 5.32 Å². The molecule has 0 spiro atoms. The van der Waals surface area contributed by atoms with E-state index in [4.69, 9.17) is 0 Å². The van der Waals surface area contributed by atoms with E-state index in [1.807, 2.05) is 25.1 Å². The van der Waals surface area contributed by atoms with E-state index < -0.39 is 0 Å². The molecule has 3 nitrogen and oxygen atoms in total. The van der Waals surface area contributed by atoms with Gasteiger partial charge in [-0.25, -0.2) is 0 Å². The van der Waals surface area contributed by atoms with Gasteiger partial charge in [-0.2, -0.15) is 0 Å². The second kappa shape index (κ2) is 6.72. The van der Waals surface area contributed by atoms with Crippen molar-refractivity contribution < 1.29 is 4.79 Å². The third kappa shape index (κ3) is 3.41. The van der Waals surface area contributed by atoms with Crippen LogP contribution in [0.5, 0.6) is 0 Å². The van der Waals surface area contributed by atoms with Crippen molar-refractivity contribution in [3.05, 3.63) is 28.2 Å². The fourth-order valence-electron chi connectivity index (χ4n) is 2.96. The van der Waals surface area contributed by atoms with Crippen LogP contribution in [0.2, 0.25) is 0 Å². The predicted octanol–water partition coefficient (Wildman–Crippen LogP) is 3.87. The number of carbonyl (C=O) groups excluding carboxylic acids is 1. The Labute approximate surface area is 129 Å². The minimum Gasteiger partial charge on any atom is -0.326 e. The Kier molecular flexibility index (Phi) is 5.22. The summed E-state index contributed by atoms with van der Waals surface area (Å²) in [5.74, 6) is 0.183. The molecule has 0 bridgehead atoms. The van der Waals surface area contributed by atoms with Crippen molar-refractivity contribution in [3.8, 4) is 0 Å². The van der Waals surface area contributed by atoms with E-state index in [9.17, 15) is 4.79 Å². The van der Waals surface area contributed by atoms with Gasteiger partial charge in [-0.15, -0.1) is 0 Å². The lowest BCUT2D eigenvalue weighted by Gasteiger charge is -2.36. The number of halogens is 1. The molecule has 1 amide bonds. The van der Waals surface area contributed by atoms with Gasteiger partial charge in [-0.05, 0) is 63.0 Å². The van der Waals surface area contributed by atoms with Crippen molar-refractivity contribution in [2.24, 2.45) is 5.41 Å². The largest absolute Gasteiger partial charge is 0.326 e. The zero-order valence-electron chi connectivity index (χ0n) is 12.3. The summed E-state index contributed by atoms with van der Waals surface area (Å²) in [6.45, 7) is 6.06. The molecule has 0 unspecified atom stereocenters. The van der Waals surface area contributed by atoms with Crippen LogP contribution in [0.1, 0.15) is 38.2 Å². The normalized spacial score (nSPS) is 17.8. The van der Waals surface area contributed by atoms with Gasteiger partial charge in [0.05, 0.1) is 5.41 Å². The topological polar surface area (TPSA) is 41.1 Å². The number of carbonyl (C=O) groups is 1.